The molecule has 0 saturated carbocycles. The van der Waals surface area contributed by atoms with Crippen LogP contribution in [0.1, 0.15) is 11.5 Å². The number of amides is 1. The van der Waals surface area contributed by atoms with Gasteiger partial charge in [-0.1, -0.05) is 6.07 Å². The van der Waals surface area contributed by atoms with Gasteiger partial charge in [-0.05, 0) is 35.9 Å². The molecule has 5 heteroatoms. The van der Waals surface area contributed by atoms with Crippen molar-refractivity contribution in [2.45, 2.75) is 6.92 Å². The molecule has 0 spiro atoms. The molecule has 1 N–H and O–H groups in total. The number of pyridine rings is 1. The van der Waals surface area contributed by atoms with Crippen molar-refractivity contribution < 1.29 is 9.21 Å². The Hall–Kier alpha value is -2.95. The number of benzene rings is 1. The molecule has 3 aromatic rings. The Labute approximate surface area is 121 Å². The molecule has 0 radical (unpaired) electrons. The van der Waals surface area contributed by atoms with E-state index in [2.05, 4.69) is 15.3 Å². The van der Waals surface area contributed by atoms with Crippen LogP contribution in [-0.2, 0) is 4.79 Å². The molecule has 0 unspecified atom stereocenters. The van der Waals surface area contributed by atoms with E-state index in [0.717, 1.165) is 11.1 Å². The number of anilines is 1. The van der Waals surface area contributed by atoms with Crippen molar-refractivity contribution in [2.24, 2.45) is 0 Å². The molecule has 21 heavy (non-hydrogen) atoms. The van der Waals surface area contributed by atoms with E-state index in [1.54, 1.807) is 43.6 Å². The Bertz CT molecular complexity index is 807. The van der Waals surface area contributed by atoms with Gasteiger partial charge in [-0.25, -0.2) is 4.98 Å². The van der Waals surface area contributed by atoms with E-state index in [1.165, 1.54) is 6.08 Å². The second-order valence-electron chi connectivity index (χ2n) is 4.52. The van der Waals surface area contributed by atoms with Gasteiger partial charge in [-0.2, -0.15) is 0 Å². The molecule has 0 saturated heterocycles. The summed E-state index contributed by atoms with van der Waals surface area (Å²) < 4.78 is 5.39. The van der Waals surface area contributed by atoms with Crippen molar-refractivity contribution in [1.29, 1.82) is 0 Å². The van der Waals surface area contributed by atoms with Gasteiger partial charge in [0, 0.05) is 31.1 Å². The van der Waals surface area contributed by atoms with Crippen LogP contribution >= 0.6 is 0 Å². The van der Waals surface area contributed by atoms with Gasteiger partial charge in [0.25, 0.3) is 0 Å². The molecule has 0 aliphatic carbocycles. The van der Waals surface area contributed by atoms with Crippen LogP contribution in [0.2, 0.25) is 0 Å². The van der Waals surface area contributed by atoms with Gasteiger partial charge < -0.3 is 9.73 Å². The third-order valence-electron chi connectivity index (χ3n) is 2.87. The maximum Gasteiger partial charge on any atom is 0.248 e. The first kappa shape index (κ1) is 13.1. The topological polar surface area (TPSA) is 68.0 Å². The highest BCUT2D eigenvalue weighted by Crippen LogP contribution is 2.19. The minimum Gasteiger partial charge on any atom is -0.441 e. The predicted octanol–water partition coefficient (Wildman–Crippen LogP) is 3.18. The lowest BCUT2D eigenvalue weighted by Gasteiger charge is -2.01. The largest absolute Gasteiger partial charge is 0.441 e. The molecular weight excluding hydrogens is 266 g/mol. The Kier molecular flexibility index (Phi) is 3.47. The first-order valence-electron chi connectivity index (χ1n) is 6.47. The fourth-order valence-electron chi connectivity index (χ4n) is 1.95. The third-order valence-corrected chi connectivity index (χ3v) is 2.87. The zero-order chi connectivity index (χ0) is 14.7. The number of aryl methyl sites for hydroxylation is 1. The van der Waals surface area contributed by atoms with E-state index in [4.69, 9.17) is 4.42 Å². The van der Waals surface area contributed by atoms with Gasteiger partial charge in [0.05, 0.1) is 0 Å². The number of carbonyl (C=O) groups excluding carboxylic acids is 1. The highest BCUT2D eigenvalue weighted by molar-refractivity contribution is 6.02. The zero-order valence-corrected chi connectivity index (χ0v) is 11.4. The molecule has 1 aromatic carbocycles. The molecular formula is C16H13N3O2. The summed E-state index contributed by atoms with van der Waals surface area (Å²) in [4.78, 5) is 20.1. The second kappa shape index (κ2) is 5.58. The van der Waals surface area contributed by atoms with Crippen molar-refractivity contribution in [3.05, 3.63) is 60.3 Å². The van der Waals surface area contributed by atoms with Gasteiger partial charge >= 0.3 is 0 Å². The number of nitrogens with zero attached hydrogens (tertiary/aromatic N) is 2. The molecule has 0 atom stereocenters. The van der Waals surface area contributed by atoms with Crippen LogP contribution in [0, 0.1) is 6.92 Å². The summed E-state index contributed by atoms with van der Waals surface area (Å²) in [5, 5.41) is 2.79. The van der Waals surface area contributed by atoms with E-state index in [1.807, 2.05) is 12.1 Å². The summed E-state index contributed by atoms with van der Waals surface area (Å²) in [6, 6.07) is 9.04. The monoisotopic (exact) mass is 279 g/mol. The summed E-state index contributed by atoms with van der Waals surface area (Å²) in [5.74, 6) is 0.392. The third kappa shape index (κ3) is 3.14. The molecule has 0 fully saturated rings. The van der Waals surface area contributed by atoms with Crippen molar-refractivity contribution in [3.8, 4) is 0 Å². The molecule has 5 nitrogen and oxygen atoms in total. The number of oxazole rings is 1. The van der Waals surface area contributed by atoms with Crippen LogP contribution in [0.15, 0.2) is 53.2 Å². The van der Waals surface area contributed by atoms with Crippen molar-refractivity contribution in [1.82, 2.24) is 9.97 Å². The molecule has 1 amide bonds. The molecule has 0 aliphatic rings. The lowest BCUT2D eigenvalue weighted by atomic mass is 10.2. The smallest absolute Gasteiger partial charge is 0.248 e. The first-order chi connectivity index (χ1) is 10.2. The number of aromatic nitrogens is 2. The Balaban J connectivity index is 1.72. The zero-order valence-electron chi connectivity index (χ0n) is 11.4. The van der Waals surface area contributed by atoms with Gasteiger partial charge in [-0.15, -0.1) is 0 Å². The lowest BCUT2D eigenvalue weighted by Crippen LogP contribution is -2.07. The average molecular weight is 279 g/mol. The van der Waals surface area contributed by atoms with E-state index >= 15 is 0 Å². The standard InChI is InChI=1S/C16H13N3O2/c1-11-18-14-9-13(5-6-15(14)21-11)19-16(20)7-4-12-3-2-8-17-10-12/h2-10H,1H3,(H,19,20)/b7-4+. The van der Waals surface area contributed by atoms with Crippen LogP contribution < -0.4 is 5.32 Å². The van der Waals surface area contributed by atoms with Crippen LogP contribution in [0.25, 0.3) is 17.2 Å². The minimum absolute atomic E-state index is 0.210. The van der Waals surface area contributed by atoms with E-state index < -0.39 is 0 Å². The van der Waals surface area contributed by atoms with Crippen LogP contribution in [0.5, 0.6) is 0 Å². The van der Waals surface area contributed by atoms with E-state index in [9.17, 15) is 4.79 Å². The fourth-order valence-corrected chi connectivity index (χ4v) is 1.95. The summed E-state index contributed by atoms with van der Waals surface area (Å²) >= 11 is 0. The number of rotatable bonds is 3. The number of hydrogen-bond donors (Lipinski definition) is 1. The Morgan fingerprint density at radius 3 is 3.05 bits per heavy atom. The number of carbonyl (C=O) groups is 1. The van der Waals surface area contributed by atoms with Crippen molar-refractivity contribution in [2.75, 3.05) is 5.32 Å². The van der Waals surface area contributed by atoms with Gasteiger partial charge in [0.15, 0.2) is 11.5 Å². The average Bonchev–Trinajstić information content (AvgIpc) is 2.85. The van der Waals surface area contributed by atoms with Crippen LogP contribution in [0.3, 0.4) is 0 Å². The van der Waals surface area contributed by atoms with E-state index in [0.29, 0.717) is 17.2 Å². The molecule has 0 aliphatic heterocycles. The van der Waals surface area contributed by atoms with Crippen LogP contribution in [-0.4, -0.2) is 15.9 Å². The predicted molar refractivity (Wildman–Crippen MR) is 80.6 cm³/mol. The SMILES string of the molecule is Cc1nc2cc(NC(=O)/C=C/c3cccnc3)ccc2o1. The number of hydrogen-bond acceptors (Lipinski definition) is 4. The number of nitrogens with one attached hydrogen (secondary N) is 1. The summed E-state index contributed by atoms with van der Waals surface area (Å²) in [6.07, 6.45) is 6.55. The highest BCUT2D eigenvalue weighted by atomic mass is 16.3. The number of fused-ring (bicyclic) bond motifs is 1. The van der Waals surface area contributed by atoms with Crippen LogP contribution in [0.4, 0.5) is 5.69 Å². The molecule has 0 bridgehead atoms. The quantitative estimate of drug-likeness (QED) is 0.748. The maximum absolute atomic E-state index is 11.9. The van der Waals surface area contributed by atoms with Crippen molar-refractivity contribution in [3.63, 3.8) is 0 Å². The minimum atomic E-state index is -0.210. The second-order valence-corrected chi connectivity index (χ2v) is 4.52. The Morgan fingerprint density at radius 1 is 1.33 bits per heavy atom. The van der Waals surface area contributed by atoms with Gasteiger partial charge in [0.2, 0.25) is 5.91 Å². The summed E-state index contributed by atoms with van der Waals surface area (Å²) in [5.41, 5.74) is 2.98. The maximum atomic E-state index is 11.9. The highest BCUT2D eigenvalue weighted by Gasteiger charge is 2.04. The summed E-state index contributed by atoms with van der Waals surface area (Å²) in [6.45, 7) is 1.79. The van der Waals surface area contributed by atoms with Crippen molar-refractivity contribution >= 4 is 28.8 Å². The normalized spacial score (nSPS) is 11.1. The lowest BCUT2D eigenvalue weighted by molar-refractivity contribution is -0.111. The van der Waals surface area contributed by atoms with E-state index in [-0.39, 0.29) is 5.91 Å². The molecule has 2 aromatic heterocycles. The van der Waals surface area contributed by atoms with Gasteiger partial charge in [-0.3, -0.25) is 9.78 Å². The molecule has 2 heterocycles. The first-order valence-corrected chi connectivity index (χ1v) is 6.47. The summed E-state index contributed by atoms with van der Waals surface area (Å²) in [7, 11) is 0. The van der Waals surface area contributed by atoms with Gasteiger partial charge in [0.1, 0.15) is 5.52 Å². The molecule has 3 rings (SSSR count). The fraction of sp³-hybridized carbons (Fsp3) is 0.0625. The molecule has 104 valence electrons. The Morgan fingerprint density at radius 2 is 2.24 bits per heavy atom.